The second-order valence-corrected chi connectivity index (χ2v) is 5.79. The van der Waals surface area contributed by atoms with E-state index in [1.165, 1.54) is 26.1 Å². The number of hydrogen-bond acceptors (Lipinski definition) is 2. The van der Waals surface area contributed by atoms with Crippen molar-refractivity contribution in [1.82, 2.24) is 10.2 Å². The number of nitrogens with zero attached hydrogens (tertiary/aromatic N) is 1. The van der Waals surface area contributed by atoms with Crippen LogP contribution in [0.3, 0.4) is 0 Å². The molecule has 1 aromatic carbocycles. The summed E-state index contributed by atoms with van der Waals surface area (Å²) in [5.41, 5.74) is 1.09. The highest BCUT2D eigenvalue weighted by Crippen LogP contribution is 2.29. The van der Waals surface area contributed by atoms with Crippen molar-refractivity contribution in [3.05, 3.63) is 33.8 Å². The van der Waals surface area contributed by atoms with Gasteiger partial charge in [-0.05, 0) is 30.5 Å². The molecular weight excluding hydrogens is 255 g/mol. The van der Waals surface area contributed by atoms with Crippen LogP contribution in [0, 0.1) is 5.92 Å². The molecular formula is C13H16Cl2N2. The number of fused-ring (bicyclic) bond motifs is 2. The highest BCUT2D eigenvalue weighted by molar-refractivity contribution is 6.42. The lowest BCUT2D eigenvalue weighted by Crippen LogP contribution is -2.39. The standard InChI is InChI=1S/C13H16Cl2N2/c14-11-3-1-2-9(13(11)15)6-16-12-8-17-5-4-10(12)7-17/h1-3,10,12,16H,4-8H2. The molecule has 1 N–H and O–H groups in total. The van der Waals surface area contributed by atoms with Crippen molar-refractivity contribution in [1.29, 1.82) is 0 Å². The summed E-state index contributed by atoms with van der Waals surface area (Å²) >= 11 is 12.2. The summed E-state index contributed by atoms with van der Waals surface area (Å²) in [5, 5.41) is 4.94. The zero-order chi connectivity index (χ0) is 11.8. The SMILES string of the molecule is Clc1cccc(CNC2CN3CCC2C3)c1Cl. The zero-order valence-electron chi connectivity index (χ0n) is 9.63. The Morgan fingerprint density at radius 2 is 2.18 bits per heavy atom. The summed E-state index contributed by atoms with van der Waals surface area (Å²) in [4.78, 5) is 2.53. The summed E-state index contributed by atoms with van der Waals surface area (Å²) in [6.45, 7) is 4.54. The minimum absolute atomic E-state index is 0.624. The lowest BCUT2D eigenvalue weighted by Gasteiger charge is -2.23. The largest absolute Gasteiger partial charge is 0.308 e. The summed E-state index contributed by atoms with van der Waals surface area (Å²) < 4.78 is 0. The van der Waals surface area contributed by atoms with Crippen LogP contribution >= 0.6 is 23.2 Å². The molecule has 0 saturated carbocycles. The predicted octanol–water partition coefficient (Wildman–Crippen LogP) is 2.79. The first-order chi connectivity index (χ1) is 8.24. The van der Waals surface area contributed by atoms with Gasteiger partial charge in [0.2, 0.25) is 0 Å². The van der Waals surface area contributed by atoms with Gasteiger partial charge in [-0.25, -0.2) is 0 Å². The van der Waals surface area contributed by atoms with Crippen LogP contribution in [0.15, 0.2) is 18.2 Å². The smallest absolute Gasteiger partial charge is 0.0637 e. The third-order valence-corrected chi connectivity index (χ3v) is 4.78. The average molecular weight is 271 g/mol. The number of piperidine rings is 1. The Morgan fingerprint density at radius 3 is 2.88 bits per heavy atom. The van der Waals surface area contributed by atoms with Crippen LogP contribution in [0.1, 0.15) is 12.0 Å². The third kappa shape index (κ3) is 2.32. The van der Waals surface area contributed by atoms with Crippen LogP contribution in [0.2, 0.25) is 10.0 Å². The van der Waals surface area contributed by atoms with Crippen molar-refractivity contribution < 1.29 is 0 Å². The van der Waals surface area contributed by atoms with Gasteiger partial charge >= 0.3 is 0 Å². The van der Waals surface area contributed by atoms with Gasteiger partial charge in [0.25, 0.3) is 0 Å². The molecule has 1 aromatic rings. The minimum atomic E-state index is 0.624. The topological polar surface area (TPSA) is 15.3 Å². The van der Waals surface area contributed by atoms with Crippen LogP contribution in [0.5, 0.6) is 0 Å². The molecule has 4 heteroatoms. The molecule has 2 aliphatic heterocycles. The Morgan fingerprint density at radius 1 is 1.29 bits per heavy atom. The normalized spacial score (nSPS) is 31.1. The van der Waals surface area contributed by atoms with E-state index in [9.17, 15) is 0 Å². The van der Waals surface area contributed by atoms with E-state index in [1.54, 1.807) is 0 Å². The number of halogens is 2. The molecule has 2 aliphatic rings. The number of benzene rings is 1. The molecule has 3 unspecified atom stereocenters. The van der Waals surface area contributed by atoms with Crippen LogP contribution in [0.25, 0.3) is 0 Å². The van der Waals surface area contributed by atoms with Crippen LogP contribution in [0.4, 0.5) is 0 Å². The van der Waals surface area contributed by atoms with Gasteiger partial charge in [-0.1, -0.05) is 35.3 Å². The first kappa shape index (κ1) is 11.8. The molecule has 2 nitrogen and oxygen atoms in total. The second kappa shape index (κ2) is 4.77. The van der Waals surface area contributed by atoms with Gasteiger partial charge in [0, 0.05) is 25.7 Å². The maximum atomic E-state index is 6.18. The highest BCUT2D eigenvalue weighted by Gasteiger charge is 2.37. The monoisotopic (exact) mass is 270 g/mol. The van der Waals surface area contributed by atoms with Crippen molar-refractivity contribution in [3.63, 3.8) is 0 Å². The van der Waals surface area contributed by atoms with E-state index in [1.807, 2.05) is 18.2 Å². The Bertz CT molecular complexity index is 422. The summed E-state index contributed by atoms with van der Waals surface area (Å²) in [7, 11) is 0. The molecule has 0 aliphatic carbocycles. The Hall–Kier alpha value is -0.280. The zero-order valence-corrected chi connectivity index (χ0v) is 11.1. The molecule has 3 rings (SSSR count). The summed E-state index contributed by atoms with van der Waals surface area (Å²) in [6, 6.07) is 6.44. The first-order valence-electron chi connectivity index (χ1n) is 6.12. The lowest BCUT2D eigenvalue weighted by atomic mass is 10.00. The van der Waals surface area contributed by atoms with E-state index < -0.39 is 0 Å². The molecule has 92 valence electrons. The maximum Gasteiger partial charge on any atom is 0.0637 e. The van der Waals surface area contributed by atoms with E-state index in [2.05, 4.69) is 10.2 Å². The number of nitrogens with one attached hydrogen (secondary N) is 1. The van der Waals surface area contributed by atoms with Crippen molar-refractivity contribution >= 4 is 23.2 Å². The van der Waals surface area contributed by atoms with Crippen LogP contribution in [-0.4, -0.2) is 30.6 Å². The third-order valence-electron chi connectivity index (χ3n) is 3.92. The van der Waals surface area contributed by atoms with Gasteiger partial charge in [-0.15, -0.1) is 0 Å². The van der Waals surface area contributed by atoms with E-state index in [0.29, 0.717) is 16.1 Å². The lowest BCUT2D eigenvalue weighted by molar-refractivity contribution is 0.315. The van der Waals surface area contributed by atoms with Crippen molar-refractivity contribution in [2.45, 2.75) is 19.0 Å². The Labute approximate surface area is 112 Å². The van der Waals surface area contributed by atoms with Crippen molar-refractivity contribution in [2.24, 2.45) is 5.92 Å². The van der Waals surface area contributed by atoms with Gasteiger partial charge in [0.1, 0.15) is 0 Å². The molecule has 2 fully saturated rings. The maximum absolute atomic E-state index is 6.18. The van der Waals surface area contributed by atoms with Gasteiger partial charge in [-0.3, -0.25) is 0 Å². The van der Waals surface area contributed by atoms with Crippen LogP contribution in [-0.2, 0) is 6.54 Å². The van der Waals surface area contributed by atoms with E-state index in [0.717, 1.165) is 18.0 Å². The number of rotatable bonds is 3. The summed E-state index contributed by atoms with van der Waals surface area (Å²) in [5.74, 6) is 0.827. The minimum Gasteiger partial charge on any atom is -0.308 e. The molecule has 0 aromatic heterocycles. The predicted molar refractivity (Wildman–Crippen MR) is 71.6 cm³/mol. The molecule has 17 heavy (non-hydrogen) atoms. The first-order valence-corrected chi connectivity index (χ1v) is 6.88. The molecule has 0 amide bonds. The molecule has 2 bridgehead atoms. The Balaban J connectivity index is 1.62. The summed E-state index contributed by atoms with van der Waals surface area (Å²) in [6.07, 6.45) is 1.33. The van der Waals surface area contributed by atoms with E-state index >= 15 is 0 Å². The van der Waals surface area contributed by atoms with Gasteiger partial charge in [0.05, 0.1) is 10.0 Å². The second-order valence-electron chi connectivity index (χ2n) is 5.01. The van der Waals surface area contributed by atoms with Crippen LogP contribution < -0.4 is 5.32 Å². The van der Waals surface area contributed by atoms with Crippen molar-refractivity contribution in [2.75, 3.05) is 19.6 Å². The van der Waals surface area contributed by atoms with Gasteiger partial charge in [0.15, 0.2) is 0 Å². The molecule has 3 atom stereocenters. The number of hydrogen-bond donors (Lipinski definition) is 1. The molecule has 0 spiro atoms. The highest BCUT2D eigenvalue weighted by atomic mass is 35.5. The van der Waals surface area contributed by atoms with Gasteiger partial charge < -0.3 is 10.2 Å². The average Bonchev–Trinajstić information content (AvgIpc) is 2.93. The quantitative estimate of drug-likeness (QED) is 0.909. The fourth-order valence-corrected chi connectivity index (χ4v) is 3.33. The van der Waals surface area contributed by atoms with E-state index in [-0.39, 0.29) is 0 Å². The Kier molecular flexibility index (Phi) is 3.31. The van der Waals surface area contributed by atoms with Crippen molar-refractivity contribution in [3.8, 4) is 0 Å². The molecule has 2 saturated heterocycles. The fraction of sp³-hybridized carbons (Fsp3) is 0.538. The molecule has 2 heterocycles. The molecule has 0 radical (unpaired) electrons. The van der Waals surface area contributed by atoms with E-state index in [4.69, 9.17) is 23.2 Å². The fourth-order valence-electron chi connectivity index (χ4n) is 2.94. The van der Waals surface area contributed by atoms with Gasteiger partial charge in [-0.2, -0.15) is 0 Å².